The molecule has 0 bridgehead atoms. The van der Waals surface area contributed by atoms with Gasteiger partial charge in [0.05, 0.1) is 13.2 Å². The van der Waals surface area contributed by atoms with E-state index in [-0.39, 0.29) is 21.7 Å². The van der Waals surface area contributed by atoms with Gasteiger partial charge in [-0.1, -0.05) is 37.0 Å². The smallest absolute Gasteiger partial charge is 0.234 e. The minimum Gasteiger partial charge on any atom is -0.423 e. The van der Waals surface area contributed by atoms with E-state index >= 15 is 0 Å². The van der Waals surface area contributed by atoms with Crippen molar-refractivity contribution in [2.24, 2.45) is 11.3 Å². The topological polar surface area (TPSA) is 62.3 Å². The number of oxazole rings is 1. The third-order valence-electron chi connectivity index (χ3n) is 4.51. The predicted molar refractivity (Wildman–Crippen MR) is 84.1 cm³/mol. The van der Waals surface area contributed by atoms with Crippen molar-refractivity contribution in [2.45, 2.75) is 19.8 Å². The first-order valence-corrected chi connectivity index (χ1v) is 7.97. The van der Waals surface area contributed by atoms with Crippen LogP contribution in [0.4, 0.5) is 5.88 Å². The average Bonchev–Trinajstić information content (AvgIpc) is 2.86. The van der Waals surface area contributed by atoms with Crippen molar-refractivity contribution in [3.05, 3.63) is 22.2 Å². The van der Waals surface area contributed by atoms with Gasteiger partial charge in [0.25, 0.3) is 0 Å². The molecule has 1 aliphatic carbocycles. The Labute approximate surface area is 139 Å². The van der Waals surface area contributed by atoms with Crippen LogP contribution in [-0.2, 0) is 4.74 Å². The second-order valence-electron chi connectivity index (χ2n) is 6.20. The van der Waals surface area contributed by atoms with E-state index in [2.05, 4.69) is 24.9 Å². The van der Waals surface area contributed by atoms with Crippen LogP contribution in [0.2, 0.25) is 0 Å². The summed E-state index contributed by atoms with van der Waals surface area (Å²) < 4.78 is 11.5. The maximum atomic E-state index is 9.32. The molecule has 118 valence electrons. The maximum Gasteiger partial charge on any atom is 0.234 e. The number of morpholine rings is 1. The fourth-order valence-corrected chi connectivity index (χ4v) is 3.38. The molecule has 1 aliphatic heterocycles. The Kier molecular flexibility index (Phi) is 4.11. The normalized spacial score (nSPS) is 26.4. The van der Waals surface area contributed by atoms with E-state index in [9.17, 15) is 5.26 Å². The molecule has 7 heteroatoms. The summed E-state index contributed by atoms with van der Waals surface area (Å²) in [6, 6.07) is 2.12. The lowest BCUT2D eigenvalue weighted by molar-refractivity contribution is 0.120. The summed E-state index contributed by atoms with van der Waals surface area (Å²) in [6.07, 6.45) is 1.82. The highest BCUT2D eigenvalue weighted by atomic mass is 35.5. The number of nitriles is 1. The summed E-state index contributed by atoms with van der Waals surface area (Å²) in [5.41, 5.74) is 0.300. The molecule has 1 saturated heterocycles. The zero-order valence-corrected chi connectivity index (χ0v) is 14.0. The number of anilines is 1. The molecule has 0 spiro atoms. The van der Waals surface area contributed by atoms with Gasteiger partial charge in [-0.05, 0) is 17.4 Å². The Bertz CT molecular complexity index is 638. The molecular weight excluding hydrogens is 325 g/mol. The van der Waals surface area contributed by atoms with Crippen molar-refractivity contribution >= 4 is 29.1 Å². The molecule has 3 rings (SSSR count). The minimum atomic E-state index is -0.0328. The third-order valence-corrected chi connectivity index (χ3v) is 4.76. The van der Waals surface area contributed by atoms with E-state index in [1.807, 2.05) is 11.0 Å². The lowest BCUT2D eigenvalue weighted by Crippen LogP contribution is -2.36. The highest BCUT2D eigenvalue weighted by Gasteiger charge is 2.60. The zero-order valence-electron chi connectivity index (χ0n) is 12.5. The van der Waals surface area contributed by atoms with Crippen LogP contribution in [0.5, 0.6) is 0 Å². The van der Waals surface area contributed by atoms with Gasteiger partial charge in [0, 0.05) is 19.0 Å². The highest BCUT2D eigenvalue weighted by molar-refractivity contribution is 6.55. The molecule has 22 heavy (non-hydrogen) atoms. The Hall–Kier alpha value is -1.22. The average molecular weight is 342 g/mol. The predicted octanol–water partition coefficient (Wildman–Crippen LogP) is 3.44. The van der Waals surface area contributed by atoms with Gasteiger partial charge in [-0.3, -0.25) is 0 Å². The Morgan fingerprint density at radius 3 is 2.68 bits per heavy atom. The largest absolute Gasteiger partial charge is 0.423 e. The number of hydrogen-bond donors (Lipinski definition) is 0. The Morgan fingerprint density at radius 1 is 1.41 bits per heavy atom. The molecule has 2 atom stereocenters. The summed E-state index contributed by atoms with van der Waals surface area (Å²) in [7, 11) is 0. The van der Waals surface area contributed by atoms with Gasteiger partial charge < -0.3 is 14.1 Å². The SMILES string of the molecule is CC1(C)C(C=C(Cl)Cl)C1c1nc(C#N)c(N2CCOCC2)o1. The Balaban J connectivity index is 1.89. The van der Waals surface area contributed by atoms with Gasteiger partial charge >= 0.3 is 0 Å². The Morgan fingerprint density at radius 2 is 2.09 bits per heavy atom. The maximum absolute atomic E-state index is 9.32. The van der Waals surface area contributed by atoms with Crippen molar-refractivity contribution in [1.82, 2.24) is 4.98 Å². The molecule has 1 aromatic rings. The first-order valence-electron chi connectivity index (χ1n) is 7.21. The fourth-order valence-electron chi connectivity index (χ4n) is 3.11. The number of nitrogens with zero attached hydrogens (tertiary/aromatic N) is 3. The summed E-state index contributed by atoms with van der Waals surface area (Å²) in [5.74, 6) is 1.38. The van der Waals surface area contributed by atoms with Crippen LogP contribution in [-0.4, -0.2) is 31.3 Å². The van der Waals surface area contributed by atoms with Gasteiger partial charge in [0.15, 0.2) is 0 Å². The lowest BCUT2D eigenvalue weighted by Gasteiger charge is -2.26. The van der Waals surface area contributed by atoms with Crippen LogP contribution in [0.25, 0.3) is 0 Å². The van der Waals surface area contributed by atoms with Crippen molar-refractivity contribution in [3.63, 3.8) is 0 Å². The van der Waals surface area contributed by atoms with Crippen molar-refractivity contribution < 1.29 is 9.15 Å². The summed E-state index contributed by atoms with van der Waals surface area (Å²) in [4.78, 5) is 6.40. The van der Waals surface area contributed by atoms with Gasteiger partial charge in [0.1, 0.15) is 10.6 Å². The molecule has 0 N–H and O–H groups in total. The van der Waals surface area contributed by atoms with E-state index in [0.29, 0.717) is 43.8 Å². The van der Waals surface area contributed by atoms with Gasteiger partial charge in [-0.15, -0.1) is 0 Å². The molecule has 0 aromatic carbocycles. The number of aromatic nitrogens is 1. The van der Waals surface area contributed by atoms with Crippen LogP contribution in [0, 0.1) is 22.7 Å². The van der Waals surface area contributed by atoms with Gasteiger partial charge in [0.2, 0.25) is 17.5 Å². The van der Waals surface area contributed by atoms with E-state index in [1.165, 1.54) is 0 Å². The lowest BCUT2D eigenvalue weighted by atomic mass is 10.1. The van der Waals surface area contributed by atoms with Crippen molar-refractivity contribution in [2.75, 3.05) is 31.2 Å². The van der Waals surface area contributed by atoms with Gasteiger partial charge in [-0.25, -0.2) is 4.98 Å². The third kappa shape index (κ3) is 2.71. The molecule has 5 nitrogen and oxygen atoms in total. The van der Waals surface area contributed by atoms with Gasteiger partial charge in [-0.2, -0.15) is 5.26 Å². The van der Waals surface area contributed by atoms with E-state index in [1.54, 1.807) is 0 Å². The second-order valence-corrected chi connectivity index (χ2v) is 7.21. The first kappa shape index (κ1) is 15.7. The number of rotatable bonds is 3. The second kappa shape index (κ2) is 5.77. The number of halogens is 2. The van der Waals surface area contributed by atoms with Crippen LogP contribution in [0.15, 0.2) is 15.0 Å². The number of ether oxygens (including phenoxy) is 1. The van der Waals surface area contributed by atoms with Crippen LogP contribution >= 0.6 is 23.2 Å². The standard InChI is InChI=1S/C15H17Cl2N3O2/c1-15(2)9(7-11(16)17)12(15)13-19-10(8-18)14(22-13)20-3-5-21-6-4-20/h7,9,12H,3-6H2,1-2H3. The monoisotopic (exact) mass is 341 g/mol. The summed E-state index contributed by atoms with van der Waals surface area (Å²) >= 11 is 11.6. The van der Waals surface area contributed by atoms with Crippen LogP contribution < -0.4 is 4.90 Å². The van der Waals surface area contributed by atoms with E-state index in [0.717, 1.165) is 0 Å². The van der Waals surface area contributed by atoms with Crippen LogP contribution in [0.1, 0.15) is 31.4 Å². The molecule has 2 unspecified atom stereocenters. The number of allylic oxidation sites excluding steroid dienone is 1. The first-order chi connectivity index (χ1) is 10.4. The summed E-state index contributed by atoms with van der Waals surface area (Å²) in [6.45, 7) is 6.88. The quantitative estimate of drug-likeness (QED) is 0.842. The molecule has 2 heterocycles. The zero-order chi connectivity index (χ0) is 15.9. The molecule has 2 aliphatic rings. The molecular formula is C15H17Cl2N3O2. The van der Waals surface area contributed by atoms with Crippen molar-refractivity contribution in [3.8, 4) is 6.07 Å². The fraction of sp³-hybridized carbons (Fsp3) is 0.600. The number of hydrogen-bond acceptors (Lipinski definition) is 5. The van der Waals surface area contributed by atoms with E-state index < -0.39 is 0 Å². The highest BCUT2D eigenvalue weighted by Crippen LogP contribution is 2.65. The van der Waals surface area contributed by atoms with Crippen LogP contribution in [0.3, 0.4) is 0 Å². The molecule has 1 saturated carbocycles. The minimum absolute atomic E-state index is 0.0328. The van der Waals surface area contributed by atoms with E-state index in [4.69, 9.17) is 32.4 Å². The summed E-state index contributed by atoms with van der Waals surface area (Å²) in [5, 5.41) is 9.32. The molecule has 0 radical (unpaired) electrons. The molecule has 0 amide bonds. The molecule has 2 fully saturated rings. The molecule has 1 aromatic heterocycles. The van der Waals surface area contributed by atoms with Crippen molar-refractivity contribution in [1.29, 1.82) is 5.26 Å².